The van der Waals surface area contributed by atoms with E-state index in [4.69, 9.17) is 9.15 Å². The molecule has 2 aromatic heterocycles. The van der Waals surface area contributed by atoms with E-state index >= 15 is 0 Å². The fourth-order valence-corrected chi connectivity index (χ4v) is 2.29. The second-order valence-electron chi connectivity index (χ2n) is 4.69. The average molecular weight is 283 g/mol. The molecule has 0 fully saturated rings. The number of nitrogens with zero attached hydrogens (tertiary/aromatic N) is 2. The van der Waals surface area contributed by atoms with E-state index in [0.29, 0.717) is 0 Å². The zero-order chi connectivity index (χ0) is 14.7. The molecule has 2 heterocycles. The largest absolute Gasteiger partial charge is 0.495 e. The highest BCUT2D eigenvalue weighted by Crippen LogP contribution is 2.30. The Morgan fingerprint density at radius 2 is 2.10 bits per heavy atom. The maximum Gasteiger partial charge on any atom is 0.143 e. The Balaban J connectivity index is 1.99. The molecule has 0 amide bonds. The van der Waals surface area contributed by atoms with Gasteiger partial charge in [0.1, 0.15) is 23.4 Å². The Morgan fingerprint density at radius 3 is 2.76 bits per heavy atom. The molecule has 1 N–H and O–H groups in total. The third-order valence-electron chi connectivity index (χ3n) is 3.35. The van der Waals surface area contributed by atoms with Crippen molar-refractivity contribution >= 4 is 5.69 Å². The summed E-state index contributed by atoms with van der Waals surface area (Å²) in [5.41, 5.74) is 0.893. The van der Waals surface area contributed by atoms with Gasteiger partial charge >= 0.3 is 0 Å². The Hall–Kier alpha value is -2.69. The highest BCUT2D eigenvalue weighted by atomic mass is 16.5. The van der Waals surface area contributed by atoms with Crippen molar-refractivity contribution in [2.24, 2.45) is 7.05 Å². The number of methoxy groups -OCH3 is 1. The average Bonchev–Trinajstić information content (AvgIpc) is 3.17. The molecule has 21 heavy (non-hydrogen) atoms. The molecule has 0 saturated heterocycles. The summed E-state index contributed by atoms with van der Waals surface area (Å²) in [6.45, 7) is 0. The van der Waals surface area contributed by atoms with Gasteiger partial charge in [0, 0.05) is 19.4 Å². The van der Waals surface area contributed by atoms with E-state index in [1.165, 1.54) is 0 Å². The van der Waals surface area contributed by atoms with Gasteiger partial charge in [0.25, 0.3) is 0 Å². The first-order chi connectivity index (χ1) is 10.3. The van der Waals surface area contributed by atoms with Gasteiger partial charge < -0.3 is 19.0 Å². The molecule has 5 heteroatoms. The van der Waals surface area contributed by atoms with Crippen LogP contribution in [0.1, 0.15) is 17.6 Å². The van der Waals surface area contributed by atoms with E-state index in [2.05, 4.69) is 10.3 Å². The summed E-state index contributed by atoms with van der Waals surface area (Å²) in [7, 11) is 3.62. The summed E-state index contributed by atoms with van der Waals surface area (Å²) in [6.07, 6.45) is 5.35. The highest BCUT2D eigenvalue weighted by Gasteiger charge is 2.22. The lowest BCUT2D eigenvalue weighted by Gasteiger charge is -2.19. The Labute approximate surface area is 123 Å². The van der Waals surface area contributed by atoms with Crippen molar-refractivity contribution in [1.29, 1.82) is 0 Å². The SMILES string of the molecule is COc1ccccc1NC(c1ccco1)c1nccn1C. The molecule has 1 atom stereocenters. The Kier molecular flexibility index (Phi) is 3.64. The zero-order valence-electron chi connectivity index (χ0n) is 12.0. The van der Waals surface area contributed by atoms with E-state index < -0.39 is 0 Å². The first kappa shape index (κ1) is 13.3. The number of hydrogen-bond donors (Lipinski definition) is 1. The van der Waals surface area contributed by atoms with Crippen LogP contribution in [0.3, 0.4) is 0 Å². The molecule has 5 nitrogen and oxygen atoms in total. The summed E-state index contributed by atoms with van der Waals surface area (Å²) >= 11 is 0. The van der Waals surface area contributed by atoms with Gasteiger partial charge in [-0.2, -0.15) is 0 Å². The van der Waals surface area contributed by atoms with Crippen molar-refractivity contribution < 1.29 is 9.15 Å². The van der Waals surface area contributed by atoms with E-state index in [-0.39, 0.29) is 6.04 Å². The van der Waals surface area contributed by atoms with Crippen molar-refractivity contribution in [2.75, 3.05) is 12.4 Å². The number of para-hydroxylation sites is 2. The standard InChI is InChI=1S/C16H17N3O2/c1-19-10-9-17-16(19)15(14-8-5-11-21-14)18-12-6-3-4-7-13(12)20-2/h3-11,15,18H,1-2H3. The lowest BCUT2D eigenvalue weighted by molar-refractivity contribution is 0.415. The number of anilines is 1. The molecule has 0 spiro atoms. The predicted octanol–water partition coefficient (Wildman–Crippen LogP) is 3.22. The minimum atomic E-state index is -0.184. The maximum absolute atomic E-state index is 5.56. The van der Waals surface area contributed by atoms with Crippen LogP contribution in [0.4, 0.5) is 5.69 Å². The van der Waals surface area contributed by atoms with Gasteiger partial charge in [0.15, 0.2) is 0 Å². The van der Waals surface area contributed by atoms with Crippen molar-refractivity contribution in [3.8, 4) is 5.75 Å². The van der Waals surface area contributed by atoms with Gasteiger partial charge in [-0.25, -0.2) is 4.98 Å². The topological polar surface area (TPSA) is 52.2 Å². The number of aromatic nitrogens is 2. The molecule has 3 aromatic rings. The summed E-state index contributed by atoms with van der Waals surface area (Å²) in [4.78, 5) is 4.42. The quantitative estimate of drug-likeness (QED) is 0.781. The van der Waals surface area contributed by atoms with Crippen LogP contribution in [-0.4, -0.2) is 16.7 Å². The Bertz CT molecular complexity index is 704. The molecule has 108 valence electrons. The highest BCUT2D eigenvalue weighted by molar-refractivity contribution is 5.57. The van der Waals surface area contributed by atoms with Gasteiger partial charge in [-0.3, -0.25) is 0 Å². The van der Waals surface area contributed by atoms with Crippen molar-refractivity contribution in [1.82, 2.24) is 9.55 Å². The minimum absolute atomic E-state index is 0.184. The smallest absolute Gasteiger partial charge is 0.143 e. The van der Waals surface area contributed by atoms with Gasteiger partial charge in [-0.05, 0) is 24.3 Å². The van der Waals surface area contributed by atoms with Crippen LogP contribution >= 0.6 is 0 Å². The molecule has 3 rings (SSSR count). The van der Waals surface area contributed by atoms with Crippen LogP contribution in [0.2, 0.25) is 0 Å². The Morgan fingerprint density at radius 1 is 1.24 bits per heavy atom. The van der Waals surface area contributed by atoms with Gasteiger partial charge in [0.05, 0.1) is 19.1 Å². The monoisotopic (exact) mass is 283 g/mol. The normalized spacial score (nSPS) is 12.1. The molecule has 1 aromatic carbocycles. The van der Waals surface area contributed by atoms with Crippen molar-refractivity contribution in [3.05, 3.63) is 66.6 Å². The van der Waals surface area contributed by atoms with Gasteiger partial charge in [0.2, 0.25) is 0 Å². The first-order valence-corrected chi connectivity index (χ1v) is 6.70. The fraction of sp³-hybridized carbons (Fsp3) is 0.188. The number of furan rings is 1. The molecule has 0 aliphatic rings. The number of imidazole rings is 1. The number of aryl methyl sites for hydroxylation is 1. The van der Waals surface area contributed by atoms with E-state index in [9.17, 15) is 0 Å². The van der Waals surface area contributed by atoms with E-state index in [1.807, 2.05) is 54.2 Å². The van der Waals surface area contributed by atoms with Crippen LogP contribution in [0, 0.1) is 0 Å². The van der Waals surface area contributed by atoms with Crippen LogP contribution in [0.15, 0.2) is 59.5 Å². The number of ether oxygens (including phenoxy) is 1. The third-order valence-corrected chi connectivity index (χ3v) is 3.35. The number of benzene rings is 1. The van der Waals surface area contributed by atoms with Crippen LogP contribution in [0.5, 0.6) is 5.75 Å². The molecule has 1 unspecified atom stereocenters. The summed E-state index contributed by atoms with van der Waals surface area (Å²) in [5.74, 6) is 2.45. The maximum atomic E-state index is 5.56. The molecule has 0 saturated carbocycles. The summed E-state index contributed by atoms with van der Waals surface area (Å²) in [5, 5.41) is 3.44. The lowest BCUT2D eigenvalue weighted by Crippen LogP contribution is -2.16. The first-order valence-electron chi connectivity index (χ1n) is 6.70. The number of rotatable bonds is 5. The molecule has 0 aliphatic heterocycles. The number of hydrogen-bond acceptors (Lipinski definition) is 4. The molecule has 0 radical (unpaired) electrons. The van der Waals surface area contributed by atoms with Crippen LogP contribution in [0.25, 0.3) is 0 Å². The molecular formula is C16H17N3O2. The van der Waals surface area contributed by atoms with Gasteiger partial charge in [-0.1, -0.05) is 12.1 Å². The van der Waals surface area contributed by atoms with Crippen LogP contribution in [-0.2, 0) is 7.05 Å². The summed E-state index contributed by atoms with van der Waals surface area (Å²) < 4.78 is 12.9. The van der Waals surface area contributed by atoms with E-state index in [1.54, 1.807) is 19.6 Å². The van der Waals surface area contributed by atoms with Crippen molar-refractivity contribution in [2.45, 2.75) is 6.04 Å². The molecule has 0 aliphatic carbocycles. The second-order valence-corrected chi connectivity index (χ2v) is 4.69. The minimum Gasteiger partial charge on any atom is -0.495 e. The number of nitrogens with one attached hydrogen (secondary N) is 1. The fourth-order valence-electron chi connectivity index (χ4n) is 2.29. The second kappa shape index (κ2) is 5.75. The molecule has 0 bridgehead atoms. The van der Waals surface area contributed by atoms with Crippen LogP contribution < -0.4 is 10.1 Å². The lowest BCUT2D eigenvalue weighted by atomic mass is 10.2. The predicted molar refractivity (Wildman–Crippen MR) is 80.4 cm³/mol. The third kappa shape index (κ3) is 2.63. The van der Waals surface area contributed by atoms with E-state index in [0.717, 1.165) is 23.0 Å². The molecular weight excluding hydrogens is 266 g/mol. The zero-order valence-corrected chi connectivity index (χ0v) is 12.0. The summed E-state index contributed by atoms with van der Waals surface area (Å²) in [6, 6.07) is 11.4. The van der Waals surface area contributed by atoms with Crippen molar-refractivity contribution in [3.63, 3.8) is 0 Å². The van der Waals surface area contributed by atoms with Gasteiger partial charge in [-0.15, -0.1) is 0 Å².